The summed E-state index contributed by atoms with van der Waals surface area (Å²) in [4.78, 5) is 11.7. The first kappa shape index (κ1) is 18.3. The zero-order valence-corrected chi connectivity index (χ0v) is 13.3. The Morgan fingerprint density at radius 1 is 1.42 bits per heavy atom. The molecule has 0 rings (SSSR count). The van der Waals surface area contributed by atoms with Crippen molar-refractivity contribution in [3.05, 3.63) is 0 Å². The third-order valence-electron chi connectivity index (χ3n) is 3.21. The maximum Gasteiger partial charge on any atom is 0.220 e. The smallest absolute Gasteiger partial charge is 0.220 e. The molecule has 0 bridgehead atoms. The van der Waals surface area contributed by atoms with Gasteiger partial charge in [0.25, 0.3) is 0 Å². The molecule has 1 amide bonds. The second kappa shape index (κ2) is 10.2. The number of carbonyl (C=O) groups is 1. The van der Waals surface area contributed by atoms with E-state index in [0.717, 1.165) is 18.6 Å². The van der Waals surface area contributed by atoms with Crippen molar-refractivity contribution in [3.63, 3.8) is 0 Å². The van der Waals surface area contributed by atoms with Gasteiger partial charge in [-0.2, -0.15) is 0 Å². The van der Waals surface area contributed by atoms with Crippen LogP contribution in [0.4, 0.5) is 0 Å². The molecule has 110 valence electrons. The summed E-state index contributed by atoms with van der Waals surface area (Å²) in [5.41, 5.74) is 5.85. The van der Waals surface area contributed by atoms with Gasteiger partial charge in [0.15, 0.2) is 0 Å². The summed E-state index contributed by atoms with van der Waals surface area (Å²) >= 11 is 1.66. The van der Waals surface area contributed by atoms with E-state index in [4.69, 9.17) is 12.2 Å². The number of nitrogens with one attached hydrogen (secondary N) is 1. The molecule has 0 aromatic heterocycles. The maximum absolute atomic E-state index is 11.7. The Kier molecular flexibility index (Phi) is 9.81. The summed E-state index contributed by atoms with van der Waals surface area (Å²) in [7, 11) is 0. The Morgan fingerprint density at radius 2 is 2.11 bits per heavy atom. The molecule has 0 aromatic carbocycles. The summed E-state index contributed by atoms with van der Waals surface area (Å²) in [5.74, 6) is 4.78. The fraction of sp³-hybridized carbons (Fsp3) is 0.800. The highest BCUT2D eigenvalue weighted by atomic mass is 32.2. The monoisotopic (exact) mass is 284 g/mol. The van der Waals surface area contributed by atoms with Gasteiger partial charge in [-0.25, -0.2) is 0 Å². The zero-order valence-electron chi connectivity index (χ0n) is 12.5. The number of hydrogen-bond donors (Lipinski definition) is 2. The number of carbonyl (C=O) groups excluding carboxylic acids is 1. The van der Waals surface area contributed by atoms with E-state index >= 15 is 0 Å². The van der Waals surface area contributed by atoms with E-state index in [1.54, 1.807) is 11.8 Å². The molecule has 0 aliphatic carbocycles. The normalized spacial score (nSPS) is 12.8. The van der Waals surface area contributed by atoms with Crippen molar-refractivity contribution in [2.45, 2.75) is 40.0 Å². The van der Waals surface area contributed by atoms with Crippen LogP contribution in [0.15, 0.2) is 0 Å². The molecule has 0 heterocycles. The highest BCUT2D eigenvalue weighted by Crippen LogP contribution is 2.31. The van der Waals surface area contributed by atoms with Crippen LogP contribution in [-0.2, 0) is 4.79 Å². The fourth-order valence-corrected chi connectivity index (χ4v) is 2.51. The topological polar surface area (TPSA) is 55.1 Å². The maximum atomic E-state index is 11.7. The van der Waals surface area contributed by atoms with Crippen molar-refractivity contribution in [2.24, 2.45) is 17.1 Å². The summed E-state index contributed by atoms with van der Waals surface area (Å²) in [6.07, 6.45) is 7.63. The van der Waals surface area contributed by atoms with E-state index < -0.39 is 0 Å². The lowest BCUT2D eigenvalue weighted by Gasteiger charge is -2.30. The van der Waals surface area contributed by atoms with Gasteiger partial charge in [0.05, 0.1) is 5.75 Å². The van der Waals surface area contributed by atoms with Crippen LogP contribution in [0.3, 0.4) is 0 Å². The van der Waals surface area contributed by atoms with Crippen LogP contribution in [0.1, 0.15) is 40.0 Å². The average molecular weight is 284 g/mol. The lowest BCUT2D eigenvalue weighted by Crippen LogP contribution is -2.29. The molecule has 3 nitrogen and oxygen atoms in total. The molecule has 0 aliphatic rings. The molecule has 0 aliphatic heterocycles. The molecule has 0 radical (unpaired) electrons. The van der Waals surface area contributed by atoms with Gasteiger partial charge < -0.3 is 11.1 Å². The predicted octanol–water partition coefficient (Wildman–Crippen LogP) is 2.26. The minimum Gasteiger partial charge on any atom is -0.355 e. The Labute approximate surface area is 122 Å². The number of terminal acetylenes is 1. The molecule has 19 heavy (non-hydrogen) atoms. The van der Waals surface area contributed by atoms with Gasteiger partial charge in [0.1, 0.15) is 0 Å². The first-order valence-electron chi connectivity index (χ1n) is 6.89. The van der Waals surface area contributed by atoms with Gasteiger partial charge in [-0.3, -0.25) is 4.79 Å². The SMILES string of the molecule is C#CCSCCNC(=O)CCC(CCN)C(C)(C)C. The summed E-state index contributed by atoms with van der Waals surface area (Å²) in [6, 6.07) is 0. The Morgan fingerprint density at radius 3 is 2.63 bits per heavy atom. The molecule has 3 N–H and O–H groups in total. The number of hydrogen-bond acceptors (Lipinski definition) is 3. The van der Waals surface area contributed by atoms with E-state index in [0.29, 0.717) is 31.2 Å². The van der Waals surface area contributed by atoms with Crippen LogP contribution >= 0.6 is 11.8 Å². The van der Waals surface area contributed by atoms with Gasteiger partial charge in [0, 0.05) is 18.7 Å². The van der Waals surface area contributed by atoms with Crippen LogP contribution in [0.25, 0.3) is 0 Å². The first-order valence-corrected chi connectivity index (χ1v) is 8.05. The molecule has 0 aromatic rings. The van der Waals surface area contributed by atoms with E-state index in [2.05, 4.69) is 32.0 Å². The van der Waals surface area contributed by atoms with Crippen LogP contribution < -0.4 is 11.1 Å². The predicted molar refractivity (Wildman–Crippen MR) is 85.0 cm³/mol. The fourth-order valence-electron chi connectivity index (χ4n) is 2.00. The number of thioether (sulfide) groups is 1. The molecule has 4 heteroatoms. The summed E-state index contributed by atoms with van der Waals surface area (Å²) in [6.45, 7) is 8.01. The van der Waals surface area contributed by atoms with E-state index in [9.17, 15) is 4.79 Å². The number of rotatable bonds is 9. The summed E-state index contributed by atoms with van der Waals surface area (Å²) < 4.78 is 0. The van der Waals surface area contributed by atoms with Crippen LogP contribution in [0, 0.1) is 23.7 Å². The highest BCUT2D eigenvalue weighted by molar-refractivity contribution is 7.99. The second-order valence-corrected chi connectivity index (χ2v) is 6.89. The second-order valence-electron chi connectivity index (χ2n) is 5.79. The van der Waals surface area contributed by atoms with Crippen LogP contribution in [0.5, 0.6) is 0 Å². The van der Waals surface area contributed by atoms with Crippen molar-refractivity contribution in [3.8, 4) is 12.3 Å². The number of nitrogens with two attached hydrogens (primary N) is 1. The van der Waals surface area contributed by atoms with Gasteiger partial charge >= 0.3 is 0 Å². The Balaban J connectivity index is 3.84. The van der Waals surface area contributed by atoms with Gasteiger partial charge in [-0.1, -0.05) is 26.7 Å². The van der Waals surface area contributed by atoms with Crippen LogP contribution in [0.2, 0.25) is 0 Å². The minimum absolute atomic E-state index is 0.132. The first-order chi connectivity index (χ1) is 8.91. The number of amides is 1. The molecule has 0 spiro atoms. The third kappa shape index (κ3) is 9.86. The van der Waals surface area contributed by atoms with Gasteiger partial charge in [-0.05, 0) is 30.7 Å². The van der Waals surface area contributed by atoms with Crippen molar-refractivity contribution in [1.29, 1.82) is 0 Å². The average Bonchev–Trinajstić information content (AvgIpc) is 2.32. The van der Waals surface area contributed by atoms with Crippen molar-refractivity contribution < 1.29 is 4.79 Å². The van der Waals surface area contributed by atoms with Crippen molar-refractivity contribution in [2.75, 3.05) is 24.6 Å². The molecular formula is C15H28N2OS. The van der Waals surface area contributed by atoms with Gasteiger partial charge in [0.2, 0.25) is 5.91 Å². The molecule has 0 saturated carbocycles. The minimum atomic E-state index is 0.132. The Hall–Kier alpha value is -0.660. The molecule has 0 fully saturated rings. The highest BCUT2D eigenvalue weighted by Gasteiger charge is 2.24. The van der Waals surface area contributed by atoms with E-state index in [-0.39, 0.29) is 11.3 Å². The lowest BCUT2D eigenvalue weighted by atomic mass is 9.76. The van der Waals surface area contributed by atoms with E-state index in [1.807, 2.05) is 0 Å². The molecule has 1 atom stereocenters. The molecule has 0 saturated heterocycles. The van der Waals surface area contributed by atoms with Crippen molar-refractivity contribution in [1.82, 2.24) is 5.32 Å². The van der Waals surface area contributed by atoms with E-state index in [1.165, 1.54) is 0 Å². The quantitative estimate of drug-likeness (QED) is 0.504. The van der Waals surface area contributed by atoms with Crippen molar-refractivity contribution >= 4 is 17.7 Å². The molecular weight excluding hydrogens is 256 g/mol. The largest absolute Gasteiger partial charge is 0.355 e. The van der Waals surface area contributed by atoms with Gasteiger partial charge in [-0.15, -0.1) is 18.2 Å². The third-order valence-corrected chi connectivity index (χ3v) is 4.08. The lowest BCUT2D eigenvalue weighted by molar-refractivity contribution is -0.121. The molecule has 1 unspecified atom stereocenters. The Bertz CT molecular complexity index is 292. The summed E-state index contributed by atoms with van der Waals surface area (Å²) in [5, 5.41) is 2.93. The van der Waals surface area contributed by atoms with Crippen LogP contribution in [-0.4, -0.2) is 30.5 Å². The zero-order chi connectivity index (χ0) is 14.7. The standard InChI is InChI=1S/C15H28N2OS/c1-5-11-19-12-10-17-14(18)7-6-13(8-9-16)15(2,3)4/h1,13H,6-12,16H2,2-4H3,(H,17,18).